The lowest BCUT2D eigenvalue weighted by Crippen LogP contribution is -2.27. The van der Waals surface area contributed by atoms with Gasteiger partial charge in [0.1, 0.15) is 5.82 Å². The molecule has 0 N–H and O–H groups in total. The van der Waals surface area contributed by atoms with Gasteiger partial charge in [0.05, 0.1) is 6.61 Å². The lowest BCUT2D eigenvalue weighted by atomic mass is 10.3. The van der Waals surface area contributed by atoms with Gasteiger partial charge in [0.15, 0.2) is 0 Å². The van der Waals surface area contributed by atoms with Gasteiger partial charge in [-0.2, -0.15) is 0 Å². The van der Waals surface area contributed by atoms with Crippen molar-refractivity contribution in [3.63, 3.8) is 0 Å². The fraction of sp³-hybridized carbons (Fsp3) is 0.545. The maximum Gasteiger partial charge on any atom is 0.128 e. The molecule has 0 amide bonds. The summed E-state index contributed by atoms with van der Waals surface area (Å²) in [6.45, 7) is 4.58. The highest BCUT2D eigenvalue weighted by Gasteiger charge is 2.05. The summed E-state index contributed by atoms with van der Waals surface area (Å²) in [5, 5.41) is 0. The van der Waals surface area contributed by atoms with E-state index in [4.69, 9.17) is 16.3 Å². The van der Waals surface area contributed by atoms with Crippen molar-refractivity contribution in [2.45, 2.75) is 12.8 Å². The van der Waals surface area contributed by atoms with Crippen LogP contribution in [0.2, 0.25) is 0 Å². The summed E-state index contributed by atoms with van der Waals surface area (Å²) in [5.41, 5.74) is 1.09. The topological polar surface area (TPSA) is 25.4 Å². The largest absolute Gasteiger partial charge is 0.383 e. The number of hydrogen-bond donors (Lipinski definition) is 0. The Kier molecular flexibility index (Phi) is 5.43. The molecule has 0 saturated carbocycles. The van der Waals surface area contributed by atoms with Crippen LogP contribution in [0.4, 0.5) is 5.82 Å². The number of rotatable bonds is 6. The summed E-state index contributed by atoms with van der Waals surface area (Å²) < 4.78 is 5.06. The number of pyridine rings is 1. The Morgan fingerprint density at radius 2 is 2.33 bits per heavy atom. The lowest BCUT2D eigenvalue weighted by Gasteiger charge is -2.21. The van der Waals surface area contributed by atoms with E-state index in [2.05, 4.69) is 16.8 Å². The third-order valence-electron chi connectivity index (χ3n) is 2.24. The molecule has 1 heterocycles. The molecule has 0 aliphatic heterocycles. The molecular weight excluding hydrogens is 212 g/mol. The van der Waals surface area contributed by atoms with Crippen LogP contribution in [0.15, 0.2) is 18.3 Å². The first-order valence-electron chi connectivity index (χ1n) is 5.06. The van der Waals surface area contributed by atoms with Gasteiger partial charge in [0.2, 0.25) is 0 Å². The predicted molar refractivity (Wildman–Crippen MR) is 63.6 cm³/mol. The molecule has 0 atom stereocenters. The van der Waals surface area contributed by atoms with Crippen LogP contribution in [-0.2, 0) is 10.6 Å². The van der Waals surface area contributed by atoms with Gasteiger partial charge in [-0.1, -0.05) is 0 Å². The molecule has 0 aliphatic rings. The molecule has 15 heavy (non-hydrogen) atoms. The van der Waals surface area contributed by atoms with Gasteiger partial charge in [-0.05, 0) is 24.6 Å². The number of ether oxygens (including phenoxy) is 1. The van der Waals surface area contributed by atoms with E-state index >= 15 is 0 Å². The highest BCUT2D eigenvalue weighted by atomic mass is 35.5. The molecule has 4 heteroatoms. The van der Waals surface area contributed by atoms with Crippen LogP contribution in [0.5, 0.6) is 0 Å². The van der Waals surface area contributed by atoms with E-state index in [0.29, 0.717) is 12.5 Å². The van der Waals surface area contributed by atoms with E-state index in [-0.39, 0.29) is 0 Å². The maximum absolute atomic E-state index is 5.78. The van der Waals surface area contributed by atoms with Crippen LogP contribution in [0.25, 0.3) is 0 Å². The fourth-order valence-corrected chi connectivity index (χ4v) is 1.52. The van der Waals surface area contributed by atoms with Crippen molar-refractivity contribution in [3.05, 3.63) is 23.9 Å². The van der Waals surface area contributed by atoms with Gasteiger partial charge in [0, 0.05) is 32.3 Å². The van der Waals surface area contributed by atoms with E-state index in [0.717, 1.165) is 24.5 Å². The molecule has 0 aromatic carbocycles. The number of aromatic nitrogens is 1. The van der Waals surface area contributed by atoms with E-state index in [9.17, 15) is 0 Å². The van der Waals surface area contributed by atoms with Crippen LogP contribution in [0.3, 0.4) is 0 Å². The SMILES string of the molecule is CCN(CCOC)c1cc(CCl)ccn1. The number of halogens is 1. The smallest absolute Gasteiger partial charge is 0.128 e. The number of methoxy groups -OCH3 is 1. The third kappa shape index (κ3) is 3.68. The minimum Gasteiger partial charge on any atom is -0.383 e. The molecule has 1 rings (SSSR count). The zero-order chi connectivity index (χ0) is 11.1. The molecule has 0 fully saturated rings. The van der Waals surface area contributed by atoms with Crippen molar-refractivity contribution in [1.29, 1.82) is 0 Å². The van der Waals surface area contributed by atoms with Gasteiger partial charge in [0.25, 0.3) is 0 Å². The Balaban J connectivity index is 2.72. The van der Waals surface area contributed by atoms with Crippen LogP contribution in [0.1, 0.15) is 12.5 Å². The van der Waals surface area contributed by atoms with Crippen molar-refractivity contribution >= 4 is 17.4 Å². The second-order valence-electron chi connectivity index (χ2n) is 3.23. The van der Waals surface area contributed by atoms with Gasteiger partial charge < -0.3 is 9.64 Å². The Hall–Kier alpha value is -0.800. The van der Waals surface area contributed by atoms with Crippen molar-refractivity contribution in [2.75, 3.05) is 31.7 Å². The predicted octanol–water partition coefficient (Wildman–Crippen LogP) is 2.29. The average molecular weight is 229 g/mol. The standard InChI is InChI=1S/C11H17ClN2O/c1-3-14(6-7-15-2)11-8-10(9-12)4-5-13-11/h4-5,8H,3,6-7,9H2,1-2H3. The Morgan fingerprint density at radius 3 is 2.93 bits per heavy atom. The second kappa shape index (κ2) is 6.64. The van der Waals surface area contributed by atoms with Gasteiger partial charge in [-0.15, -0.1) is 11.6 Å². The second-order valence-corrected chi connectivity index (χ2v) is 3.50. The van der Waals surface area contributed by atoms with Gasteiger partial charge in [-0.25, -0.2) is 4.98 Å². The highest BCUT2D eigenvalue weighted by molar-refractivity contribution is 6.17. The van der Waals surface area contributed by atoms with E-state index in [1.807, 2.05) is 12.1 Å². The zero-order valence-electron chi connectivity index (χ0n) is 9.24. The molecule has 0 spiro atoms. The van der Waals surface area contributed by atoms with Crippen LogP contribution >= 0.6 is 11.6 Å². The molecular formula is C11H17ClN2O. The molecule has 3 nitrogen and oxygen atoms in total. The maximum atomic E-state index is 5.78. The zero-order valence-corrected chi connectivity index (χ0v) is 10.00. The molecule has 0 radical (unpaired) electrons. The number of alkyl halides is 1. The molecule has 1 aromatic heterocycles. The molecule has 0 bridgehead atoms. The quantitative estimate of drug-likeness (QED) is 0.699. The van der Waals surface area contributed by atoms with Crippen molar-refractivity contribution in [3.8, 4) is 0 Å². The summed E-state index contributed by atoms with van der Waals surface area (Å²) in [4.78, 5) is 6.49. The Labute approximate surface area is 96.0 Å². The van der Waals surface area contributed by atoms with Crippen LogP contribution < -0.4 is 4.90 Å². The summed E-state index contributed by atoms with van der Waals surface area (Å²) in [6.07, 6.45) is 1.79. The van der Waals surface area contributed by atoms with E-state index < -0.39 is 0 Å². The summed E-state index contributed by atoms with van der Waals surface area (Å²) in [7, 11) is 1.70. The number of likely N-dealkylation sites (N-methyl/N-ethyl adjacent to an activating group) is 1. The first-order chi connectivity index (χ1) is 7.31. The van der Waals surface area contributed by atoms with E-state index in [1.54, 1.807) is 13.3 Å². The van der Waals surface area contributed by atoms with Crippen LogP contribution in [-0.4, -0.2) is 31.8 Å². The van der Waals surface area contributed by atoms with Crippen molar-refractivity contribution in [1.82, 2.24) is 4.98 Å². The molecule has 0 aliphatic carbocycles. The molecule has 84 valence electrons. The first kappa shape index (κ1) is 12.3. The van der Waals surface area contributed by atoms with Crippen LogP contribution in [0, 0.1) is 0 Å². The number of anilines is 1. The normalized spacial score (nSPS) is 10.3. The molecule has 1 aromatic rings. The van der Waals surface area contributed by atoms with Crippen molar-refractivity contribution < 1.29 is 4.74 Å². The first-order valence-corrected chi connectivity index (χ1v) is 5.60. The average Bonchev–Trinajstić information content (AvgIpc) is 2.30. The van der Waals surface area contributed by atoms with E-state index in [1.165, 1.54) is 0 Å². The van der Waals surface area contributed by atoms with Gasteiger partial charge >= 0.3 is 0 Å². The monoisotopic (exact) mass is 228 g/mol. The molecule has 0 saturated heterocycles. The number of hydrogen-bond acceptors (Lipinski definition) is 3. The minimum atomic E-state index is 0.525. The number of nitrogens with zero attached hydrogens (tertiary/aromatic N) is 2. The fourth-order valence-electron chi connectivity index (χ4n) is 1.35. The Bertz CT molecular complexity index is 294. The molecule has 0 unspecified atom stereocenters. The summed E-state index contributed by atoms with van der Waals surface area (Å²) in [6, 6.07) is 3.95. The van der Waals surface area contributed by atoms with Gasteiger partial charge in [-0.3, -0.25) is 0 Å². The summed E-state index contributed by atoms with van der Waals surface area (Å²) in [5.74, 6) is 1.49. The minimum absolute atomic E-state index is 0.525. The summed E-state index contributed by atoms with van der Waals surface area (Å²) >= 11 is 5.78. The van der Waals surface area contributed by atoms with Crippen molar-refractivity contribution in [2.24, 2.45) is 0 Å². The highest BCUT2D eigenvalue weighted by Crippen LogP contribution is 2.13. The third-order valence-corrected chi connectivity index (χ3v) is 2.54. The Morgan fingerprint density at radius 1 is 1.53 bits per heavy atom. The lowest BCUT2D eigenvalue weighted by molar-refractivity contribution is 0.205.